The topological polar surface area (TPSA) is 78.1 Å². The van der Waals surface area contributed by atoms with E-state index >= 15 is 0 Å². The fourth-order valence-corrected chi connectivity index (χ4v) is 4.60. The first-order valence-corrected chi connectivity index (χ1v) is 9.98. The average molecular weight is 374 g/mol. The van der Waals surface area contributed by atoms with Crippen molar-refractivity contribution in [3.8, 4) is 11.1 Å². The second-order valence-electron chi connectivity index (χ2n) is 6.36. The molecule has 1 aliphatic rings. The summed E-state index contributed by atoms with van der Waals surface area (Å²) in [6.45, 7) is 0.940. The fraction of sp³-hybridized carbons (Fsp3) is 0.278. The number of halogens is 1. The van der Waals surface area contributed by atoms with Gasteiger partial charge in [-0.05, 0) is 48.2 Å². The summed E-state index contributed by atoms with van der Waals surface area (Å²) in [6, 6.07) is 8.20. The molecule has 0 radical (unpaired) electrons. The van der Waals surface area contributed by atoms with Crippen molar-refractivity contribution >= 4 is 26.9 Å². The standard InChI is InChI=1S/C18H19FN4O2S/c19-16-12-13(14-6-8-20-18-15(14)7-9-21-18)4-5-17(16)22-26(24,25)23-10-2-1-3-11-23/h4-9,12,22H,1-3,10-11H2,(H,20,21). The zero-order valence-electron chi connectivity index (χ0n) is 14.1. The van der Waals surface area contributed by atoms with E-state index in [9.17, 15) is 12.8 Å². The number of aromatic amines is 1. The third kappa shape index (κ3) is 3.17. The summed E-state index contributed by atoms with van der Waals surface area (Å²) in [5, 5.41) is 0.883. The Balaban J connectivity index is 1.63. The van der Waals surface area contributed by atoms with Gasteiger partial charge < -0.3 is 4.98 Å². The largest absolute Gasteiger partial charge is 0.346 e. The first-order valence-electron chi connectivity index (χ1n) is 8.54. The third-order valence-electron chi connectivity index (χ3n) is 4.63. The molecule has 1 aromatic carbocycles. The number of piperidine rings is 1. The van der Waals surface area contributed by atoms with Crippen molar-refractivity contribution in [2.45, 2.75) is 19.3 Å². The van der Waals surface area contributed by atoms with E-state index in [1.54, 1.807) is 18.5 Å². The Morgan fingerprint density at radius 3 is 2.69 bits per heavy atom. The molecule has 4 rings (SSSR count). The number of anilines is 1. The molecule has 0 aliphatic carbocycles. The lowest BCUT2D eigenvalue weighted by Crippen LogP contribution is -2.39. The maximum Gasteiger partial charge on any atom is 0.301 e. The second-order valence-corrected chi connectivity index (χ2v) is 8.03. The highest BCUT2D eigenvalue weighted by Crippen LogP contribution is 2.30. The summed E-state index contributed by atoms with van der Waals surface area (Å²) in [5.74, 6) is -0.608. The molecule has 1 saturated heterocycles. The zero-order valence-corrected chi connectivity index (χ0v) is 14.9. The number of hydrogen-bond donors (Lipinski definition) is 2. The lowest BCUT2D eigenvalue weighted by Gasteiger charge is -2.26. The maximum absolute atomic E-state index is 14.6. The minimum absolute atomic E-state index is 0.0429. The van der Waals surface area contributed by atoms with Gasteiger partial charge in [-0.3, -0.25) is 4.72 Å². The van der Waals surface area contributed by atoms with Crippen molar-refractivity contribution in [2.24, 2.45) is 0 Å². The Morgan fingerprint density at radius 1 is 1.12 bits per heavy atom. The average Bonchev–Trinajstić information content (AvgIpc) is 3.13. The van der Waals surface area contributed by atoms with Crippen LogP contribution in [0.5, 0.6) is 0 Å². The van der Waals surface area contributed by atoms with Crippen LogP contribution in [-0.2, 0) is 10.2 Å². The number of aromatic nitrogens is 2. The lowest BCUT2D eigenvalue weighted by molar-refractivity contribution is 0.349. The molecule has 0 amide bonds. The molecule has 0 spiro atoms. The quantitative estimate of drug-likeness (QED) is 0.733. The lowest BCUT2D eigenvalue weighted by atomic mass is 10.0. The molecule has 6 nitrogen and oxygen atoms in total. The maximum atomic E-state index is 14.6. The van der Waals surface area contributed by atoms with E-state index in [1.807, 2.05) is 12.1 Å². The summed E-state index contributed by atoms with van der Waals surface area (Å²) >= 11 is 0. The molecule has 0 saturated carbocycles. The van der Waals surface area contributed by atoms with Crippen LogP contribution in [0.15, 0.2) is 42.7 Å². The summed E-state index contributed by atoms with van der Waals surface area (Å²) in [6.07, 6.45) is 6.11. The van der Waals surface area contributed by atoms with Crippen molar-refractivity contribution in [2.75, 3.05) is 17.8 Å². The molecule has 0 bridgehead atoms. The molecule has 8 heteroatoms. The first kappa shape index (κ1) is 17.0. The first-order chi connectivity index (χ1) is 12.5. The number of H-pyrrole nitrogens is 1. The summed E-state index contributed by atoms with van der Waals surface area (Å²) < 4.78 is 43.2. The van der Waals surface area contributed by atoms with Gasteiger partial charge in [0.15, 0.2) is 0 Å². The van der Waals surface area contributed by atoms with Crippen LogP contribution in [0.1, 0.15) is 19.3 Å². The minimum atomic E-state index is -3.73. The number of nitrogens with zero attached hydrogens (tertiary/aromatic N) is 2. The minimum Gasteiger partial charge on any atom is -0.346 e. The van der Waals surface area contributed by atoms with Crippen LogP contribution in [0.3, 0.4) is 0 Å². The number of hydrogen-bond acceptors (Lipinski definition) is 3. The van der Waals surface area contributed by atoms with Gasteiger partial charge in [-0.15, -0.1) is 0 Å². The van der Waals surface area contributed by atoms with Gasteiger partial charge in [-0.2, -0.15) is 12.7 Å². The molecule has 0 atom stereocenters. The van der Waals surface area contributed by atoms with E-state index in [2.05, 4.69) is 14.7 Å². The van der Waals surface area contributed by atoms with Crippen LogP contribution in [0.25, 0.3) is 22.2 Å². The molecule has 0 unspecified atom stereocenters. The predicted molar refractivity (Wildman–Crippen MR) is 99.5 cm³/mol. The van der Waals surface area contributed by atoms with Crippen LogP contribution in [0, 0.1) is 5.82 Å². The number of pyridine rings is 1. The van der Waals surface area contributed by atoms with Crippen molar-refractivity contribution in [1.82, 2.24) is 14.3 Å². The van der Waals surface area contributed by atoms with Crippen LogP contribution in [-0.4, -0.2) is 35.8 Å². The highest BCUT2D eigenvalue weighted by atomic mass is 32.2. The Kier molecular flexibility index (Phi) is 4.37. The van der Waals surface area contributed by atoms with Crippen LogP contribution in [0.4, 0.5) is 10.1 Å². The van der Waals surface area contributed by atoms with E-state index in [-0.39, 0.29) is 5.69 Å². The highest BCUT2D eigenvalue weighted by Gasteiger charge is 2.24. The normalized spacial score (nSPS) is 16.0. The van der Waals surface area contributed by atoms with E-state index in [1.165, 1.54) is 16.4 Å². The molecule has 1 aliphatic heterocycles. The van der Waals surface area contributed by atoms with E-state index in [4.69, 9.17) is 0 Å². The Bertz CT molecular complexity index is 1040. The zero-order chi connectivity index (χ0) is 18.1. The van der Waals surface area contributed by atoms with Crippen LogP contribution >= 0.6 is 0 Å². The van der Waals surface area contributed by atoms with Crippen molar-refractivity contribution in [1.29, 1.82) is 0 Å². The number of nitrogens with one attached hydrogen (secondary N) is 2. The molecule has 3 heterocycles. The van der Waals surface area contributed by atoms with Gasteiger partial charge >= 0.3 is 10.2 Å². The molecule has 26 heavy (non-hydrogen) atoms. The van der Waals surface area contributed by atoms with Gasteiger partial charge in [0, 0.05) is 30.9 Å². The predicted octanol–water partition coefficient (Wildman–Crippen LogP) is 3.51. The van der Waals surface area contributed by atoms with Gasteiger partial charge in [0.25, 0.3) is 0 Å². The smallest absolute Gasteiger partial charge is 0.301 e. The van der Waals surface area contributed by atoms with Crippen molar-refractivity contribution in [3.63, 3.8) is 0 Å². The molecule has 136 valence electrons. The van der Waals surface area contributed by atoms with Crippen LogP contribution < -0.4 is 4.72 Å². The number of fused-ring (bicyclic) bond motifs is 1. The van der Waals surface area contributed by atoms with E-state index in [0.717, 1.165) is 35.9 Å². The second kappa shape index (κ2) is 6.69. The fourth-order valence-electron chi connectivity index (χ4n) is 3.29. The van der Waals surface area contributed by atoms with Crippen LogP contribution in [0.2, 0.25) is 0 Å². The van der Waals surface area contributed by atoms with Crippen molar-refractivity contribution in [3.05, 3.63) is 48.5 Å². The molecular weight excluding hydrogens is 355 g/mol. The van der Waals surface area contributed by atoms with E-state index < -0.39 is 16.0 Å². The van der Waals surface area contributed by atoms with Gasteiger partial charge in [0.2, 0.25) is 0 Å². The molecular formula is C18H19FN4O2S. The highest BCUT2D eigenvalue weighted by molar-refractivity contribution is 7.90. The number of benzene rings is 1. The van der Waals surface area contributed by atoms with Gasteiger partial charge in [-0.1, -0.05) is 12.5 Å². The molecule has 2 N–H and O–H groups in total. The van der Waals surface area contributed by atoms with E-state index in [0.29, 0.717) is 18.7 Å². The SMILES string of the molecule is O=S(=O)(Nc1ccc(-c2ccnc3[nH]ccc23)cc1F)N1CCCCC1. The summed E-state index contributed by atoms with van der Waals surface area (Å²) in [4.78, 5) is 7.24. The summed E-state index contributed by atoms with van der Waals surface area (Å²) in [5.41, 5.74) is 2.17. The Morgan fingerprint density at radius 2 is 1.92 bits per heavy atom. The van der Waals surface area contributed by atoms with Crippen molar-refractivity contribution < 1.29 is 12.8 Å². The van der Waals surface area contributed by atoms with Gasteiger partial charge in [0.05, 0.1) is 5.69 Å². The Labute approximate surface area is 151 Å². The molecule has 1 fully saturated rings. The van der Waals surface area contributed by atoms with Gasteiger partial charge in [0.1, 0.15) is 11.5 Å². The number of rotatable bonds is 4. The molecule has 2 aromatic heterocycles. The Hall–Kier alpha value is -2.45. The third-order valence-corrected chi connectivity index (χ3v) is 6.16. The monoisotopic (exact) mass is 374 g/mol. The summed E-state index contributed by atoms with van der Waals surface area (Å²) in [7, 11) is -3.73. The molecule has 3 aromatic rings. The van der Waals surface area contributed by atoms with Gasteiger partial charge in [-0.25, -0.2) is 9.37 Å².